The third-order valence-corrected chi connectivity index (χ3v) is 2.93. The van der Waals surface area contributed by atoms with Crippen LogP contribution in [0.3, 0.4) is 0 Å². The smallest absolute Gasteiger partial charge is 0.427 e. The van der Waals surface area contributed by atoms with E-state index in [4.69, 9.17) is 9.47 Å². The number of hydrogen-bond donors (Lipinski definition) is 1. The van der Waals surface area contributed by atoms with Crippen LogP contribution in [0, 0.1) is 0 Å². The van der Waals surface area contributed by atoms with Crippen molar-refractivity contribution in [3.63, 3.8) is 0 Å². The molecule has 0 spiro atoms. The average molecular weight is 329 g/mol. The topological polar surface area (TPSA) is 59.9 Å². The summed E-state index contributed by atoms with van der Waals surface area (Å²) in [4.78, 5) is 11.2. The SMILES string of the molecule is CCOC(=O)NN=C(Cc1ccccc1Br)OCC. The Kier molecular flexibility index (Phi) is 6.95. The molecule has 0 atom stereocenters. The first kappa shape index (κ1) is 15.5. The number of carbonyl (C=O) groups is 1. The van der Waals surface area contributed by atoms with E-state index >= 15 is 0 Å². The molecule has 0 aromatic heterocycles. The van der Waals surface area contributed by atoms with E-state index in [1.54, 1.807) is 6.92 Å². The number of carbonyl (C=O) groups excluding carboxylic acids is 1. The number of rotatable bonds is 5. The number of benzene rings is 1. The molecular weight excluding hydrogens is 312 g/mol. The largest absolute Gasteiger partial charge is 0.480 e. The minimum absolute atomic E-state index is 0.301. The Bertz CT molecular complexity index is 449. The normalized spacial score (nSPS) is 11.0. The van der Waals surface area contributed by atoms with Crippen LogP contribution in [0.2, 0.25) is 0 Å². The number of nitrogens with one attached hydrogen (secondary N) is 1. The summed E-state index contributed by atoms with van der Waals surface area (Å²) >= 11 is 3.46. The van der Waals surface area contributed by atoms with Gasteiger partial charge in [-0.3, -0.25) is 0 Å². The lowest BCUT2D eigenvalue weighted by atomic mass is 10.1. The van der Waals surface area contributed by atoms with Gasteiger partial charge in [-0.1, -0.05) is 34.1 Å². The second-order valence-electron chi connectivity index (χ2n) is 3.54. The first-order valence-corrected chi connectivity index (χ1v) is 6.82. The number of hydrazone groups is 1. The number of ether oxygens (including phenoxy) is 2. The van der Waals surface area contributed by atoms with Gasteiger partial charge in [0.25, 0.3) is 0 Å². The highest BCUT2D eigenvalue weighted by Crippen LogP contribution is 2.16. The molecule has 0 heterocycles. The van der Waals surface area contributed by atoms with E-state index in [1.807, 2.05) is 31.2 Å². The van der Waals surface area contributed by atoms with Crippen LogP contribution < -0.4 is 5.43 Å². The summed E-state index contributed by atoms with van der Waals surface area (Å²) in [7, 11) is 0. The lowest BCUT2D eigenvalue weighted by molar-refractivity contribution is 0.152. The molecule has 1 aromatic carbocycles. The standard InChI is InChI=1S/C13H17BrN2O3/c1-3-18-12(15-16-13(17)19-4-2)9-10-7-5-6-8-11(10)14/h5-8H,3-4,9H2,1-2H3,(H,16,17). The molecule has 19 heavy (non-hydrogen) atoms. The van der Waals surface area contributed by atoms with E-state index in [0.29, 0.717) is 25.5 Å². The van der Waals surface area contributed by atoms with E-state index in [9.17, 15) is 4.79 Å². The summed E-state index contributed by atoms with van der Waals surface area (Å²) in [5.74, 6) is 0.433. The molecule has 1 rings (SSSR count). The van der Waals surface area contributed by atoms with Crippen LogP contribution in [0.1, 0.15) is 19.4 Å². The van der Waals surface area contributed by atoms with Gasteiger partial charge in [0.05, 0.1) is 19.6 Å². The molecule has 104 valence electrons. The van der Waals surface area contributed by atoms with Crippen LogP contribution in [0.15, 0.2) is 33.8 Å². The van der Waals surface area contributed by atoms with Crippen molar-refractivity contribution in [2.45, 2.75) is 20.3 Å². The second kappa shape index (κ2) is 8.53. The van der Waals surface area contributed by atoms with Gasteiger partial charge in [0.2, 0.25) is 5.90 Å². The third kappa shape index (κ3) is 5.74. The Morgan fingerprint density at radius 3 is 2.58 bits per heavy atom. The average Bonchev–Trinajstić information content (AvgIpc) is 2.39. The molecule has 0 unspecified atom stereocenters. The summed E-state index contributed by atoms with van der Waals surface area (Å²) in [6.45, 7) is 4.37. The molecule has 0 fully saturated rings. The summed E-state index contributed by atoms with van der Waals surface area (Å²) < 4.78 is 11.1. The minimum atomic E-state index is -0.591. The van der Waals surface area contributed by atoms with Crippen LogP contribution in [0.4, 0.5) is 4.79 Å². The fourth-order valence-corrected chi connectivity index (χ4v) is 1.79. The fourth-order valence-electron chi connectivity index (χ4n) is 1.37. The molecule has 0 aliphatic carbocycles. The Morgan fingerprint density at radius 1 is 1.26 bits per heavy atom. The maximum Gasteiger partial charge on any atom is 0.427 e. The molecule has 1 N–H and O–H groups in total. The number of nitrogens with zero attached hydrogens (tertiary/aromatic N) is 1. The van der Waals surface area contributed by atoms with Gasteiger partial charge in [-0.05, 0) is 25.5 Å². The van der Waals surface area contributed by atoms with Crippen molar-refractivity contribution < 1.29 is 14.3 Å². The molecule has 0 bridgehead atoms. The highest BCUT2D eigenvalue weighted by atomic mass is 79.9. The zero-order valence-corrected chi connectivity index (χ0v) is 12.6. The van der Waals surface area contributed by atoms with Crippen molar-refractivity contribution >= 4 is 27.9 Å². The highest BCUT2D eigenvalue weighted by molar-refractivity contribution is 9.10. The molecule has 5 nitrogen and oxygen atoms in total. The van der Waals surface area contributed by atoms with Crippen LogP contribution in [-0.2, 0) is 15.9 Å². The van der Waals surface area contributed by atoms with Gasteiger partial charge >= 0.3 is 6.09 Å². The maximum absolute atomic E-state index is 11.2. The van der Waals surface area contributed by atoms with Gasteiger partial charge in [-0.25, -0.2) is 10.2 Å². The number of halogens is 1. The van der Waals surface area contributed by atoms with Crippen molar-refractivity contribution in [2.24, 2.45) is 5.10 Å². The van der Waals surface area contributed by atoms with Crippen LogP contribution in [-0.4, -0.2) is 25.2 Å². The Morgan fingerprint density at radius 2 is 1.95 bits per heavy atom. The summed E-state index contributed by atoms with van der Waals surface area (Å²) in [6.07, 6.45) is -0.103. The van der Waals surface area contributed by atoms with Crippen molar-refractivity contribution in [1.82, 2.24) is 5.43 Å². The number of amides is 1. The first-order valence-electron chi connectivity index (χ1n) is 6.02. The van der Waals surface area contributed by atoms with Crippen molar-refractivity contribution in [2.75, 3.05) is 13.2 Å². The van der Waals surface area contributed by atoms with E-state index in [2.05, 4.69) is 26.5 Å². The zero-order valence-electron chi connectivity index (χ0n) is 11.0. The van der Waals surface area contributed by atoms with Crippen LogP contribution >= 0.6 is 15.9 Å². The Labute approximate surface area is 121 Å². The van der Waals surface area contributed by atoms with Gasteiger partial charge in [-0.2, -0.15) is 0 Å². The maximum atomic E-state index is 11.2. The first-order chi connectivity index (χ1) is 9.17. The molecule has 1 aromatic rings. The van der Waals surface area contributed by atoms with Gasteiger partial charge in [0.15, 0.2) is 0 Å². The highest BCUT2D eigenvalue weighted by Gasteiger charge is 2.07. The van der Waals surface area contributed by atoms with Crippen molar-refractivity contribution in [3.05, 3.63) is 34.3 Å². The lowest BCUT2D eigenvalue weighted by Gasteiger charge is -2.09. The van der Waals surface area contributed by atoms with Gasteiger partial charge in [0, 0.05) is 4.47 Å². The lowest BCUT2D eigenvalue weighted by Crippen LogP contribution is -2.22. The minimum Gasteiger partial charge on any atom is -0.480 e. The van der Waals surface area contributed by atoms with Crippen LogP contribution in [0.5, 0.6) is 0 Å². The van der Waals surface area contributed by atoms with Crippen molar-refractivity contribution in [1.29, 1.82) is 0 Å². The van der Waals surface area contributed by atoms with Gasteiger partial charge in [0.1, 0.15) is 0 Å². The van der Waals surface area contributed by atoms with E-state index in [0.717, 1.165) is 10.0 Å². The molecule has 6 heteroatoms. The molecule has 0 saturated heterocycles. The van der Waals surface area contributed by atoms with Crippen molar-refractivity contribution in [3.8, 4) is 0 Å². The molecule has 1 amide bonds. The zero-order chi connectivity index (χ0) is 14.1. The van der Waals surface area contributed by atoms with Gasteiger partial charge < -0.3 is 9.47 Å². The second-order valence-corrected chi connectivity index (χ2v) is 4.39. The molecule has 0 saturated carbocycles. The summed E-state index contributed by atoms with van der Waals surface area (Å²) in [6, 6.07) is 7.77. The molecule has 0 aliphatic rings. The summed E-state index contributed by atoms with van der Waals surface area (Å²) in [5.41, 5.74) is 3.32. The van der Waals surface area contributed by atoms with Gasteiger partial charge in [-0.15, -0.1) is 5.10 Å². The monoisotopic (exact) mass is 328 g/mol. The summed E-state index contributed by atoms with van der Waals surface area (Å²) in [5, 5.41) is 3.92. The molecule has 0 radical (unpaired) electrons. The quantitative estimate of drug-likeness (QED) is 0.513. The fraction of sp³-hybridized carbons (Fsp3) is 0.385. The third-order valence-electron chi connectivity index (χ3n) is 2.16. The predicted octanol–water partition coefficient (Wildman–Crippen LogP) is 3.09. The number of hydrogen-bond acceptors (Lipinski definition) is 4. The predicted molar refractivity (Wildman–Crippen MR) is 77.1 cm³/mol. The van der Waals surface area contributed by atoms with E-state index < -0.39 is 6.09 Å². The van der Waals surface area contributed by atoms with E-state index in [1.165, 1.54) is 0 Å². The molecule has 0 aliphatic heterocycles. The van der Waals surface area contributed by atoms with Crippen LogP contribution in [0.25, 0.3) is 0 Å². The Balaban J connectivity index is 2.69. The van der Waals surface area contributed by atoms with E-state index in [-0.39, 0.29) is 0 Å². The molecular formula is C13H17BrN2O3. The Hall–Kier alpha value is -1.56.